The van der Waals surface area contributed by atoms with E-state index in [4.69, 9.17) is 5.73 Å². The zero-order valence-corrected chi connectivity index (χ0v) is 8.45. The molecule has 0 aromatic carbocycles. The van der Waals surface area contributed by atoms with Crippen LogP contribution in [0.4, 0.5) is 18.9 Å². The summed E-state index contributed by atoms with van der Waals surface area (Å²) in [6.07, 6.45) is -3.08. The highest BCUT2D eigenvalue weighted by atomic mass is 19.4. The van der Waals surface area contributed by atoms with Crippen LogP contribution in [0, 0.1) is 0 Å². The number of hydrogen-bond donors (Lipinski definition) is 1. The summed E-state index contributed by atoms with van der Waals surface area (Å²) in [5.74, 6) is -0.813. The molecule has 0 aliphatic carbocycles. The highest BCUT2D eigenvalue weighted by Gasteiger charge is 2.33. The maximum atomic E-state index is 12.3. The van der Waals surface area contributed by atoms with Gasteiger partial charge in [0.15, 0.2) is 5.69 Å². The molecule has 89 valence electrons. The lowest BCUT2D eigenvalue weighted by atomic mass is 10.0. The predicted molar refractivity (Wildman–Crippen MR) is 53.2 cm³/mol. The van der Waals surface area contributed by atoms with Crippen molar-refractivity contribution in [1.82, 2.24) is 10.3 Å². The molecule has 0 saturated carbocycles. The molecule has 0 spiro atoms. The van der Waals surface area contributed by atoms with Crippen LogP contribution in [-0.2, 0) is 0 Å². The smallest absolute Gasteiger partial charge is 0.364 e. The first kappa shape index (κ1) is 11.4. The Morgan fingerprint density at radius 3 is 2.71 bits per heavy atom. The van der Waals surface area contributed by atoms with Gasteiger partial charge >= 0.3 is 6.18 Å². The Bertz CT molecular complexity index is 508. The third-order valence-electron chi connectivity index (χ3n) is 2.24. The van der Waals surface area contributed by atoms with Crippen LogP contribution < -0.4 is 11.1 Å². The summed E-state index contributed by atoms with van der Waals surface area (Å²) >= 11 is 0. The molecule has 0 bridgehead atoms. The zero-order chi connectivity index (χ0) is 12.6. The number of nitrogens with two attached hydrogens (primary N) is 1. The van der Waals surface area contributed by atoms with E-state index in [9.17, 15) is 18.0 Å². The Kier molecular flexibility index (Phi) is 2.53. The molecule has 1 aliphatic heterocycles. The third-order valence-corrected chi connectivity index (χ3v) is 2.24. The molecule has 2 N–H and O–H groups in total. The lowest BCUT2D eigenvalue weighted by Crippen LogP contribution is -2.15. The second kappa shape index (κ2) is 3.76. The second-order valence-electron chi connectivity index (χ2n) is 3.50. The summed E-state index contributed by atoms with van der Waals surface area (Å²) in [5, 5.41) is 3.76. The number of amides is 1. The summed E-state index contributed by atoms with van der Waals surface area (Å²) in [6, 6.07) is 1.38. The van der Waals surface area contributed by atoms with Crippen molar-refractivity contribution in [3.63, 3.8) is 0 Å². The van der Waals surface area contributed by atoms with E-state index in [1.807, 2.05) is 0 Å². The fraction of sp³-hybridized carbons (Fsp3) is 0.200. The first-order chi connectivity index (χ1) is 7.88. The lowest BCUT2D eigenvalue weighted by molar-refractivity contribution is -0.122. The van der Waals surface area contributed by atoms with Crippen LogP contribution in [0.5, 0.6) is 0 Å². The minimum Gasteiger partial charge on any atom is -0.364 e. The van der Waals surface area contributed by atoms with E-state index in [1.54, 1.807) is 0 Å². The number of alkyl halides is 3. The minimum atomic E-state index is -4.32. The van der Waals surface area contributed by atoms with Gasteiger partial charge in [0, 0.05) is 18.0 Å². The van der Waals surface area contributed by atoms with Gasteiger partial charge in [0.25, 0.3) is 5.91 Å². The zero-order valence-electron chi connectivity index (χ0n) is 8.45. The average molecular weight is 242 g/mol. The van der Waals surface area contributed by atoms with Gasteiger partial charge < -0.3 is 5.73 Å². The molecule has 0 unspecified atom stereocenters. The topological polar surface area (TPSA) is 70.1 Å². The molecule has 1 aromatic heterocycles. The molecule has 0 atom stereocenters. The van der Waals surface area contributed by atoms with Crippen molar-refractivity contribution in [3.05, 3.63) is 29.7 Å². The van der Waals surface area contributed by atoms with Crippen LogP contribution in [-0.4, -0.2) is 17.1 Å². The van der Waals surface area contributed by atoms with Gasteiger partial charge in [-0.1, -0.05) is 0 Å². The van der Waals surface area contributed by atoms with Gasteiger partial charge in [0.05, 0.1) is 6.42 Å². The number of primary amides is 1. The van der Waals surface area contributed by atoms with Crippen molar-refractivity contribution in [2.45, 2.75) is 12.6 Å². The molecule has 1 aromatic rings. The van der Waals surface area contributed by atoms with Crippen molar-refractivity contribution in [1.29, 1.82) is 0 Å². The molecule has 2 heterocycles. The Balaban J connectivity index is 2.38. The van der Waals surface area contributed by atoms with Gasteiger partial charge in [-0.3, -0.25) is 10.1 Å². The van der Waals surface area contributed by atoms with Gasteiger partial charge in [-0.2, -0.15) is 13.2 Å². The molecule has 2 rings (SSSR count). The van der Waals surface area contributed by atoms with Crippen molar-refractivity contribution >= 4 is 17.2 Å². The molecule has 7 heteroatoms. The van der Waals surface area contributed by atoms with E-state index in [1.165, 1.54) is 12.3 Å². The number of allylic oxidation sites excluding steroid dienone is 1. The van der Waals surface area contributed by atoms with Gasteiger partial charge in [-0.25, -0.2) is 4.98 Å². The summed E-state index contributed by atoms with van der Waals surface area (Å²) in [6.45, 7) is 0. The maximum absolute atomic E-state index is 12.3. The highest BCUT2D eigenvalue weighted by molar-refractivity contribution is 5.99. The number of nitrogens with zero attached hydrogens (tertiary/aromatic N) is 2. The predicted octanol–water partition coefficient (Wildman–Crippen LogP) is 1.72. The average Bonchev–Trinajstić information content (AvgIpc) is 2.59. The van der Waals surface area contributed by atoms with Crippen LogP contribution in [0.25, 0.3) is 5.57 Å². The molecular weight excluding hydrogens is 235 g/mol. The van der Waals surface area contributed by atoms with E-state index < -0.39 is 18.5 Å². The molecule has 4 nitrogen and oxygen atoms in total. The number of rotatable bonds is 2. The Morgan fingerprint density at radius 2 is 2.12 bits per heavy atom. The van der Waals surface area contributed by atoms with Crippen molar-refractivity contribution in [2.75, 3.05) is 0 Å². The largest absolute Gasteiger partial charge is 0.393 e. The molecule has 1 aliphatic rings. The molecule has 0 saturated heterocycles. The molecule has 17 heavy (non-hydrogen) atoms. The van der Waals surface area contributed by atoms with E-state index in [2.05, 4.69) is 10.3 Å². The fourth-order valence-corrected chi connectivity index (χ4v) is 1.59. The van der Waals surface area contributed by atoms with Crippen molar-refractivity contribution in [2.24, 2.45) is 5.73 Å². The standard InChI is InChI=1S/C10H7F3N3O/c11-10(12,13)3-5-4-16-7-6(5)1-2-15-8(7)9(14)17/h1-2,4H,3H2,(H2,14,17). The van der Waals surface area contributed by atoms with Gasteiger partial charge in [0.1, 0.15) is 5.69 Å². The van der Waals surface area contributed by atoms with Gasteiger partial charge in [0.2, 0.25) is 0 Å². The summed E-state index contributed by atoms with van der Waals surface area (Å²) < 4.78 is 36.8. The van der Waals surface area contributed by atoms with Crippen LogP contribution >= 0.6 is 0 Å². The summed E-state index contributed by atoms with van der Waals surface area (Å²) in [5.41, 5.74) is 5.32. The molecular formula is C10H7F3N3O. The second-order valence-corrected chi connectivity index (χ2v) is 3.50. The number of pyridine rings is 1. The van der Waals surface area contributed by atoms with Crippen LogP contribution in [0.3, 0.4) is 0 Å². The molecule has 1 radical (unpaired) electrons. The first-order valence-corrected chi connectivity index (χ1v) is 4.64. The fourth-order valence-electron chi connectivity index (χ4n) is 1.59. The number of halogens is 3. The van der Waals surface area contributed by atoms with Crippen molar-refractivity contribution in [3.8, 4) is 0 Å². The molecule has 1 amide bonds. The monoisotopic (exact) mass is 242 g/mol. The van der Waals surface area contributed by atoms with Gasteiger partial charge in [-0.05, 0) is 11.6 Å². The number of carbonyl (C=O) groups is 1. The molecule has 0 fully saturated rings. The Labute approximate surface area is 94.3 Å². The number of aromatic nitrogens is 1. The van der Waals surface area contributed by atoms with E-state index in [0.717, 1.165) is 6.20 Å². The van der Waals surface area contributed by atoms with Crippen LogP contribution in [0.1, 0.15) is 22.5 Å². The minimum absolute atomic E-state index is 0.0115. The highest BCUT2D eigenvalue weighted by Crippen LogP contribution is 2.38. The summed E-state index contributed by atoms with van der Waals surface area (Å²) in [7, 11) is 0. The van der Waals surface area contributed by atoms with Crippen molar-refractivity contribution < 1.29 is 18.0 Å². The van der Waals surface area contributed by atoms with E-state index >= 15 is 0 Å². The van der Waals surface area contributed by atoms with Crippen LogP contribution in [0.15, 0.2) is 18.5 Å². The first-order valence-electron chi connectivity index (χ1n) is 4.64. The lowest BCUT2D eigenvalue weighted by Gasteiger charge is -2.08. The Morgan fingerprint density at radius 1 is 1.41 bits per heavy atom. The van der Waals surface area contributed by atoms with E-state index in [0.29, 0.717) is 0 Å². The normalized spacial score (nSPS) is 13.9. The Hall–Kier alpha value is -2.05. The van der Waals surface area contributed by atoms with Gasteiger partial charge in [-0.15, -0.1) is 0 Å². The van der Waals surface area contributed by atoms with Crippen LogP contribution in [0.2, 0.25) is 0 Å². The number of carbonyl (C=O) groups excluding carboxylic acids is 1. The number of hydrogen-bond acceptors (Lipinski definition) is 2. The summed E-state index contributed by atoms with van der Waals surface area (Å²) in [4.78, 5) is 14.7. The number of fused-ring (bicyclic) bond motifs is 1. The SMILES string of the molecule is NC(=O)c1nccc2c1[N]C=C2CC(F)(F)F. The third kappa shape index (κ3) is 2.22. The maximum Gasteiger partial charge on any atom is 0.393 e. The quantitative estimate of drug-likeness (QED) is 0.857. The van der Waals surface area contributed by atoms with E-state index in [-0.39, 0.29) is 22.5 Å².